The van der Waals surface area contributed by atoms with Crippen LogP contribution in [0.2, 0.25) is 0 Å². The molecule has 0 aromatic heterocycles. The second-order valence-electron chi connectivity index (χ2n) is 3.53. The first-order valence-electron chi connectivity index (χ1n) is 4.59. The smallest absolute Gasteiger partial charge is 0.317 e. The first-order chi connectivity index (χ1) is 7.04. The molecule has 0 saturated heterocycles. The maximum Gasteiger partial charge on any atom is 0.317 e. The Hall–Kier alpha value is -1.42. The Morgan fingerprint density at radius 3 is 2.40 bits per heavy atom. The number of ether oxygens (including phenoxy) is 1. The molecule has 4 heteroatoms. The second kappa shape index (κ2) is 4.40. The molecule has 2 N–H and O–H groups in total. The van der Waals surface area contributed by atoms with E-state index in [0.717, 1.165) is 0 Å². The number of methoxy groups -OCH3 is 1. The Balaban J connectivity index is 3.11. The zero-order chi connectivity index (χ0) is 11.5. The van der Waals surface area contributed by atoms with Gasteiger partial charge in [0.25, 0.3) is 0 Å². The van der Waals surface area contributed by atoms with Gasteiger partial charge < -0.3 is 10.5 Å². The molecule has 0 unspecified atom stereocenters. The Morgan fingerprint density at radius 2 is 2.00 bits per heavy atom. The zero-order valence-electron chi connectivity index (χ0n) is 8.79. The highest BCUT2D eigenvalue weighted by Gasteiger charge is 2.34. The summed E-state index contributed by atoms with van der Waals surface area (Å²) in [5.41, 5.74) is 5.30. The van der Waals surface area contributed by atoms with Crippen LogP contribution >= 0.6 is 0 Å². The number of rotatable bonds is 3. The molecular weight excluding hydrogens is 197 g/mol. The molecule has 0 aliphatic heterocycles. The molecule has 0 aliphatic rings. The van der Waals surface area contributed by atoms with Crippen molar-refractivity contribution in [2.45, 2.75) is 12.3 Å². The molecule has 0 amide bonds. The Labute approximate surface area is 88.0 Å². The molecule has 82 valence electrons. The minimum atomic E-state index is -0.914. The SMILES string of the molecule is COC(=O)[C@@](C)(CN)c1ccc(F)cc1. The average Bonchev–Trinajstić information content (AvgIpc) is 2.27. The van der Waals surface area contributed by atoms with Gasteiger partial charge in [-0.3, -0.25) is 4.79 Å². The second-order valence-corrected chi connectivity index (χ2v) is 3.53. The molecule has 0 aliphatic carbocycles. The van der Waals surface area contributed by atoms with Crippen LogP contribution in [0.1, 0.15) is 12.5 Å². The molecule has 0 spiro atoms. The first kappa shape index (κ1) is 11.7. The molecule has 0 radical (unpaired) electrons. The highest BCUT2D eigenvalue weighted by Crippen LogP contribution is 2.24. The molecule has 1 rings (SSSR count). The monoisotopic (exact) mass is 211 g/mol. The summed E-state index contributed by atoms with van der Waals surface area (Å²) in [6, 6.07) is 5.68. The molecule has 1 aromatic rings. The van der Waals surface area contributed by atoms with E-state index in [2.05, 4.69) is 4.74 Å². The van der Waals surface area contributed by atoms with Gasteiger partial charge in [0, 0.05) is 6.54 Å². The maximum atomic E-state index is 12.7. The summed E-state index contributed by atoms with van der Waals surface area (Å²) in [7, 11) is 1.31. The van der Waals surface area contributed by atoms with E-state index in [0.29, 0.717) is 5.56 Å². The van der Waals surface area contributed by atoms with Crippen LogP contribution < -0.4 is 5.73 Å². The summed E-state index contributed by atoms with van der Waals surface area (Å²) in [5, 5.41) is 0. The van der Waals surface area contributed by atoms with E-state index in [4.69, 9.17) is 5.73 Å². The number of carbonyl (C=O) groups is 1. The number of halogens is 1. The van der Waals surface area contributed by atoms with Gasteiger partial charge in [-0.25, -0.2) is 4.39 Å². The minimum Gasteiger partial charge on any atom is -0.468 e. The quantitative estimate of drug-likeness (QED) is 0.765. The number of benzene rings is 1. The standard InChI is InChI=1S/C11H14FNO2/c1-11(7-13,10(14)15-2)8-3-5-9(12)6-4-8/h3-6H,7,13H2,1-2H3/t11-/m0/s1. The summed E-state index contributed by atoms with van der Waals surface area (Å²) in [6.07, 6.45) is 0. The third-order valence-electron chi connectivity index (χ3n) is 2.53. The van der Waals surface area contributed by atoms with Crippen molar-refractivity contribution in [3.8, 4) is 0 Å². The fourth-order valence-electron chi connectivity index (χ4n) is 1.36. The van der Waals surface area contributed by atoms with Crippen molar-refractivity contribution in [3.63, 3.8) is 0 Å². The van der Waals surface area contributed by atoms with E-state index in [-0.39, 0.29) is 12.4 Å². The molecule has 3 nitrogen and oxygen atoms in total. The number of esters is 1. The van der Waals surface area contributed by atoms with Gasteiger partial charge in [-0.1, -0.05) is 12.1 Å². The largest absolute Gasteiger partial charge is 0.468 e. The van der Waals surface area contributed by atoms with Crippen molar-refractivity contribution in [2.75, 3.05) is 13.7 Å². The van der Waals surface area contributed by atoms with Crippen LogP contribution in [0.5, 0.6) is 0 Å². The normalized spacial score (nSPS) is 14.4. The van der Waals surface area contributed by atoms with Crippen molar-refractivity contribution in [1.82, 2.24) is 0 Å². The minimum absolute atomic E-state index is 0.116. The summed E-state index contributed by atoms with van der Waals surface area (Å²) in [4.78, 5) is 11.6. The molecular formula is C11H14FNO2. The van der Waals surface area contributed by atoms with Gasteiger partial charge in [0.05, 0.1) is 7.11 Å². The molecule has 0 saturated carbocycles. The third-order valence-corrected chi connectivity index (χ3v) is 2.53. The maximum absolute atomic E-state index is 12.7. The first-order valence-corrected chi connectivity index (χ1v) is 4.59. The number of hydrogen-bond acceptors (Lipinski definition) is 3. The summed E-state index contributed by atoms with van der Waals surface area (Å²) in [6.45, 7) is 1.79. The van der Waals surface area contributed by atoms with Gasteiger partial charge in [-0.2, -0.15) is 0 Å². The number of hydrogen-bond donors (Lipinski definition) is 1. The molecule has 0 heterocycles. The van der Waals surface area contributed by atoms with Gasteiger partial charge in [0.15, 0.2) is 0 Å². The molecule has 1 atom stereocenters. The van der Waals surface area contributed by atoms with Gasteiger partial charge in [-0.15, -0.1) is 0 Å². The molecule has 0 bridgehead atoms. The van der Waals surface area contributed by atoms with Crippen molar-refractivity contribution in [1.29, 1.82) is 0 Å². The zero-order valence-corrected chi connectivity index (χ0v) is 8.79. The van der Waals surface area contributed by atoms with Crippen LogP contribution in [0.25, 0.3) is 0 Å². The van der Waals surface area contributed by atoms with E-state index in [9.17, 15) is 9.18 Å². The lowest BCUT2D eigenvalue weighted by Gasteiger charge is -2.25. The number of nitrogens with two attached hydrogens (primary N) is 1. The highest BCUT2D eigenvalue weighted by molar-refractivity contribution is 5.82. The van der Waals surface area contributed by atoms with Crippen LogP contribution in [-0.4, -0.2) is 19.6 Å². The lowest BCUT2D eigenvalue weighted by atomic mass is 9.82. The Morgan fingerprint density at radius 1 is 1.47 bits per heavy atom. The van der Waals surface area contributed by atoms with Crippen LogP contribution in [0, 0.1) is 5.82 Å². The van der Waals surface area contributed by atoms with E-state index in [1.54, 1.807) is 19.1 Å². The van der Waals surface area contributed by atoms with E-state index in [1.165, 1.54) is 19.2 Å². The lowest BCUT2D eigenvalue weighted by molar-refractivity contribution is -0.146. The Kier molecular flexibility index (Phi) is 3.42. The van der Waals surface area contributed by atoms with Crippen molar-refractivity contribution < 1.29 is 13.9 Å². The predicted octanol–water partition coefficient (Wildman–Crippen LogP) is 1.22. The fraction of sp³-hybridized carbons (Fsp3) is 0.364. The number of carbonyl (C=O) groups excluding carboxylic acids is 1. The van der Waals surface area contributed by atoms with Crippen LogP contribution in [0.15, 0.2) is 24.3 Å². The van der Waals surface area contributed by atoms with Crippen LogP contribution in [0.3, 0.4) is 0 Å². The van der Waals surface area contributed by atoms with Crippen molar-refractivity contribution in [2.24, 2.45) is 5.73 Å². The van der Waals surface area contributed by atoms with E-state index in [1.807, 2.05) is 0 Å². The highest BCUT2D eigenvalue weighted by atomic mass is 19.1. The topological polar surface area (TPSA) is 52.3 Å². The van der Waals surface area contributed by atoms with Gasteiger partial charge >= 0.3 is 5.97 Å². The van der Waals surface area contributed by atoms with Crippen molar-refractivity contribution in [3.05, 3.63) is 35.6 Å². The fourth-order valence-corrected chi connectivity index (χ4v) is 1.36. The summed E-state index contributed by atoms with van der Waals surface area (Å²) >= 11 is 0. The average molecular weight is 211 g/mol. The van der Waals surface area contributed by atoms with E-state index >= 15 is 0 Å². The van der Waals surface area contributed by atoms with Crippen LogP contribution in [0.4, 0.5) is 4.39 Å². The summed E-state index contributed by atoms with van der Waals surface area (Å²) in [5.74, 6) is -0.764. The van der Waals surface area contributed by atoms with Gasteiger partial charge in [0.1, 0.15) is 11.2 Å². The van der Waals surface area contributed by atoms with Crippen LogP contribution in [-0.2, 0) is 14.9 Å². The van der Waals surface area contributed by atoms with E-state index < -0.39 is 11.4 Å². The molecule has 0 fully saturated rings. The lowest BCUT2D eigenvalue weighted by Crippen LogP contribution is -2.40. The van der Waals surface area contributed by atoms with Crippen molar-refractivity contribution >= 4 is 5.97 Å². The summed E-state index contributed by atoms with van der Waals surface area (Å²) < 4.78 is 17.4. The Bertz CT molecular complexity index is 350. The van der Waals surface area contributed by atoms with Gasteiger partial charge in [0.2, 0.25) is 0 Å². The molecule has 1 aromatic carbocycles. The predicted molar refractivity (Wildman–Crippen MR) is 54.8 cm³/mol. The van der Waals surface area contributed by atoms with Gasteiger partial charge in [-0.05, 0) is 24.6 Å². The molecule has 15 heavy (non-hydrogen) atoms. The third kappa shape index (κ3) is 2.15.